The summed E-state index contributed by atoms with van der Waals surface area (Å²) in [4.78, 5) is 23.5. The van der Waals surface area contributed by atoms with Gasteiger partial charge in [0.25, 0.3) is 0 Å². The van der Waals surface area contributed by atoms with Crippen LogP contribution in [0, 0.1) is 11.8 Å². The molecule has 0 aromatic carbocycles. The van der Waals surface area contributed by atoms with Crippen LogP contribution in [0.4, 0.5) is 0 Å². The van der Waals surface area contributed by atoms with Gasteiger partial charge in [-0.15, -0.1) is 0 Å². The lowest BCUT2D eigenvalue weighted by Crippen LogP contribution is -2.49. The molecule has 0 rings (SSSR count). The summed E-state index contributed by atoms with van der Waals surface area (Å²) < 4.78 is 0. The fraction of sp³-hybridized carbons (Fsp3) is 0.857. The first-order valence-corrected chi connectivity index (χ1v) is 7.02. The zero-order chi connectivity index (χ0) is 15.0. The number of carbonyl (C=O) groups is 2. The Balaban J connectivity index is 4.27. The summed E-state index contributed by atoms with van der Waals surface area (Å²) in [6.07, 6.45) is 0.644. The van der Waals surface area contributed by atoms with E-state index in [0.717, 1.165) is 0 Å². The highest BCUT2D eigenvalue weighted by Crippen LogP contribution is 2.05. The van der Waals surface area contributed by atoms with Crippen LogP contribution in [-0.2, 0) is 9.59 Å². The van der Waals surface area contributed by atoms with E-state index in [1.807, 2.05) is 20.8 Å². The van der Waals surface area contributed by atoms with Crippen molar-refractivity contribution in [2.24, 2.45) is 11.8 Å². The minimum absolute atomic E-state index is 0.137. The molecule has 2 amide bonds. The van der Waals surface area contributed by atoms with Gasteiger partial charge in [-0.3, -0.25) is 9.59 Å². The van der Waals surface area contributed by atoms with Gasteiger partial charge in [-0.25, -0.2) is 0 Å². The van der Waals surface area contributed by atoms with Crippen LogP contribution < -0.4 is 16.0 Å². The van der Waals surface area contributed by atoms with Crippen LogP contribution in [0.5, 0.6) is 0 Å². The van der Waals surface area contributed by atoms with E-state index in [4.69, 9.17) is 0 Å². The minimum Gasteiger partial charge on any atom is -0.357 e. The molecular weight excluding hydrogens is 242 g/mol. The predicted molar refractivity (Wildman–Crippen MR) is 77.8 cm³/mol. The van der Waals surface area contributed by atoms with Gasteiger partial charge in [0.05, 0.1) is 6.54 Å². The molecular formula is C14H29N3O2. The minimum atomic E-state index is -0.450. The second kappa shape index (κ2) is 8.91. The van der Waals surface area contributed by atoms with Gasteiger partial charge in [0.2, 0.25) is 11.8 Å². The molecule has 5 nitrogen and oxygen atoms in total. The second-order valence-corrected chi connectivity index (χ2v) is 5.78. The summed E-state index contributed by atoms with van der Waals surface area (Å²) in [6.45, 7) is 10.5. The highest BCUT2D eigenvalue weighted by Gasteiger charge is 2.20. The molecule has 19 heavy (non-hydrogen) atoms. The van der Waals surface area contributed by atoms with Crippen molar-refractivity contribution in [2.75, 3.05) is 13.6 Å². The van der Waals surface area contributed by atoms with Crippen molar-refractivity contribution in [3.05, 3.63) is 0 Å². The number of amides is 2. The Labute approximate surface area is 116 Å². The Bertz CT molecular complexity index is 290. The topological polar surface area (TPSA) is 70.2 Å². The van der Waals surface area contributed by atoms with Crippen molar-refractivity contribution in [1.29, 1.82) is 0 Å². The lowest BCUT2D eigenvalue weighted by Gasteiger charge is -2.21. The molecule has 0 saturated carbocycles. The van der Waals surface area contributed by atoms with E-state index in [0.29, 0.717) is 18.3 Å². The third-order valence-corrected chi connectivity index (χ3v) is 3.19. The van der Waals surface area contributed by atoms with Gasteiger partial charge >= 0.3 is 0 Å². The first-order chi connectivity index (χ1) is 8.77. The van der Waals surface area contributed by atoms with Crippen LogP contribution in [0.15, 0.2) is 0 Å². The molecule has 0 heterocycles. The Kier molecular flexibility index (Phi) is 8.39. The molecule has 3 N–H and O–H groups in total. The van der Waals surface area contributed by atoms with Gasteiger partial charge in [-0.05, 0) is 25.2 Å². The Hall–Kier alpha value is -1.10. The van der Waals surface area contributed by atoms with E-state index in [9.17, 15) is 9.59 Å². The van der Waals surface area contributed by atoms with Crippen molar-refractivity contribution < 1.29 is 9.59 Å². The van der Waals surface area contributed by atoms with Gasteiger partial charge in [0.1, 0.15) is 6.04 Å². The van der Waals surface area contributed by atoms with Gasteiger partial charge in [0.15, 0.2) is 0 Å². The number of carbonyl (C=O) groups excluding carboxylic acids is 2. The number of hydrogen-bond donors (Lipinski definition) is 3. The van der Waals surface area contributed by atoms with Crippen LogP contribution in [-0.4, -0.2) is 37.5 Å². The fourth-order valence-corrected chi connectivity index (χ4v) is 1.61. The van der Waals surface area contributed by atoms with Crippen molar-refractivity contribution in [3.8, 4) is 0 Å². The maximum absolute atomic E-state index is 11.8. The Morgan fingerprint density at radius 1 is 1.05 bits per heavy atom. The standard InChI is InChI=1S/C14H29N3O2/c1-9(2)7-12(14(19)15-6)17-13(18)8-16-11(5)10(3)4/h9-12,16H,7-8H2,1-6H3,(H,15,19)(H,17,18). The van der Waals surface area contributed by atoms with Crippen LogP contribution in [0.3, 0.4) is 0 Å². The van der Waals surface area contributed by atoms with E-state index in [1.165, 1.54) is 0 Å². The van der Waals surface area contributed by atoms with Crippen LogP contribution in [0.2, 0.25) is 0 Å². The maximum atomic E-state index is 11.8. The third-order valence-electron chi connectivity index (χ3n) is 3.19. The zero-order valence-electron chi connectivity index (χ0n) is 13.0. The van der Waals surface area contributed by atoms with E-state index in [-0.39, 0.29) is 24.4 Å². The Morgan fingerprint density at radius 3 is 2.05 bits per heavy atom. The van der Waals surface area contributed by atoms with E-state index in [2.05, 4.69) is 29.8 Å². The van der Waals surface area contributed by atoms with Crippen LogP contribution in [0.1, 0.15) is 41.0 Å². The SMILES string of the molecule is CNC(=O)C(CC(C)C)NC(=O)CNC(C)C(C)C. The Morgan fingerprint density at radius 2 is 1.63 bits per heavy atom. The molecule has 2 atom stereocenters. The van der Waals surface area contributed by atoms with E-state index in [1.54, 1.807) is 7.05 Å². The highest BCUT2D eigenvalue weighted by atomic mass is 16.2. The van der Waals surface area contributed by atoms with Crippen molar-refractivity contribution in [2.45, 2.75) is 53.1 Å². The van der Waals surface area contributed by atoms with E-state index < -0.39 is 6.04 Å². The van der Waals surface area contributed by atoms with E-state index >= 15 is 0 Å². The van der Waals surface area contributed by atoms with Crippen LogP contribution >= 0.6 is 0 Å². The van der Waals surface area contributed by atoms with Gasteiger partial charge < -0.3 is 16.0 Å². The maximum Gasteiger partial charge on any atom is 0.242 e. The summed E-state index contributed by atoms with van der Waals surface area (Å²) in [5, 5.41) is 8.52. The van der Waals surface area contributed by atoms with Gasteiger partial charge in [0, 0.05) is 13.1 Å². The molecule has 0 aliphatic rings. The normalized spacial score (nSPS) is 14.3. The summed E-state index contributed by atoms with van der Waals surface area (Å²) in [7, 11) is 1.58. The number of likely N-dealkylation sites (N-methyl/N-ethyl adjacent to an activating group) is 1. The molecule has 0 saturated heterocycles. The first kappa shape index (κ1) is 17.9. The predicted octanol–water partition coefficient (Wildman–Crippen LogP) is 0.897. The highest BCUT2D eigenvalue weighted by molar-refractivity contribution is 5.88. The summed E-state index contributed by atoms with van der Waals surface area (Å²) in [5.74, 6) is 0.545. The number of hydrogen-bond acceptors (Lipinski definition) is 3. The fourth-order valence-electron chi connectivity index (χ4n) is 1.61. The first-order valence-electron chi connectivity index (χ1n) is 7.02. The van der Waals surface area contributed by atoms with Crippen LogP contribution in [0.25, 0.3) is 0 Å². The molecule has 0 aliphatic heterocycles. The van der Waals surface area contributed by atoms with Gasteiger partial charge in [-0.2, -0.15) is 0 Å². The smallest absolute Gasteiger partial charge is 0.242 e. The quantitative estimate of drug-likeness (QED) is 0.614. The van der Waals surface area contributed by atoms with Gasteiger partial charge in [-0.1, -0.05) is 27.7 Å². The summed E-state index contributed by atoms with van der Waals surface area (Å²) in [5.41, 5.74) is 0. The number of nitrogens with one attached hydrogen (secondary N) is 3. The monoisotopic (exact) mass is 271 g/mol. The molecule has 0 aromatic heterocycles. The molecule has 0 fully saturated rings. The average Bonchev–Trinajstić information content (AvgIpc) is 2.33. The molecule has 2 unspecified atom stereocenters. The lowest BCUT2D eigenvalue weighted by molar-refractivity contribution is -0.128. The molecule has 0 radical (unpaired) electrons. The van der Waals surface area contributed by atoms with Crippen molar-refractivity contribution >= 4 is 11.8 Å². The zero-order valence-corrected chi connectivity index (χ0v) is 13.0. The summed E-state index contributed by atoms with van der Waals surface area (Å²) >= 11 is 0. The molecule has 112 valence electrons. The largest absolute Gasteiger partial charge is 0.357 e. The average molecular weight is 271 g/mol. The molecule has 0 aliphatic carbocycles. The van der Waals surface area contributed by atoms with Crippen molar-refractivity contribution in [1.82, 2.24) is 16.0 Å². The van der Waals surface area contributed by atoms with Crippen molar-refractivity contribution in [3.63, 3.8) is 0 Å². The molecule has 5 heteroatoms. The molecule has 0 spiro atoms. The third kappa shape index (κ3) is 7.82. The lowest BCUT2D eigenvalue weighted by atomic mass is 10.0. The second-order valence-electron chi connectivity index (χ2n) is 5.78. The summed E-state index contributed by atoms with van der Waals surface area (Å²) in [6, 6.07) is -0.178. The molecule has 0 bridgehead atoms. The molecule has 0 aromatic rings. The number of rotatable bonds is 8.